The molecule has 0 saturated heterocycles. The summed E-state index contributed by atoms with van der Waals surface area (Å²) in [6, 6.07) is 5.63. The van der Waals surface area contributed by atoms with Crippen LogP contribution in [0.5, 0.6) is 0 Å². The van der Waals surface area contributed by atoms with Gasteiger partial charge in [-0.05, 0) is 0 Å². The van der Waals surface area contributed by atoms with Crippen LogP contribution in [0, 0.1) is 0 Å². The first-order chi connectivity index (χ1) is 6.77. The van der Waals surface area contributed by atoms with E-state index in [1.165, 1.54) is 18.2 Å². The summed E-state index contributed by atoms with van der Waals surface area (Å²) in [5.41, 5.74) is -0.667. The number of hydrogen-bond donors (Lipinski definition) is 0. The van der Waals surface area contributed by atoms with Gasteiger partial charge >= 0.3 is 12.1 Å². The van der Waals surface area contributed by atoms with Gasteiger partial charge in [0.15, 0.2) is 0 Å². The van der Waals surface area contributed by atoms with Crippen molar-refractivity contribution in [2.45, 2.75) is 12.1 Å². The number of Topliss-reactive ketones (excluding diaryl/α,β-unsaturated/α-hetero) is 1. The van der Waals surface area contributed by atoms with Crippen LogP contribution in [-0.2, 0) is 0 Å². The number of carbonyl (C=O) groups is 1. The Morgan fingerprint density at radius 3 is 1.75 bits per heavy atom. The minimum Gasteiger partial charge on any atom is -0.412 e. The van der Waals surface area contributed by atoms with E-state index in [4.69, 9.17) is 0 Å². The van der Waals surface area contributed by atoms with Crippen molar-refractivity contribution in [1.29, 1.82) is 0 Å². The molecule has 0 radical (unpaired) electrons. The zero-order valence-corrected chi connectivity index (χ0v) is 7.68. The maximum Gasteiger partial charge on any atom is 0.461 e. The molecule has 0 fully saturated rings. The fraction of sp³-hybridized carbons (Fsp3) is 0.222. The Labute approximate surface area is 87.0 Å². The number of hydrogen-bond acceptors (Lipinski definition) is 1. The SMILES string of the molecule is O.O=C(c1ccccc1)C(F)(F)C(F)(F)F. The van der Waals surface area contributed by atoms with Gasteiger partial charge in [0, 0.05) is 5.56 Å². The Morgan fingerprint density at radius 1 is 0.938 bits per heavy atom. The van der Waals surface area contributed by atoms with Gasteiger partial charge in [-0.15, -0.1) is 0 Å². The molecule has 0 spiro atoms. The van der Waals surface area contributed by atoms with Crippen molar-refractivity contribution < 1.29 is 32.2 Å². The zero-order valence-electron chi connectivity index (χ0n) is 7.68. The van der Waals surface area contributed by atoms with E-state index in [0.29, 0.717) is 0 Å². The lowest BCUT2D eigenvalue weighted by atomic mass is 10.1. The predicted octanol–water partition coefficient (Wildman–Crippen LogP) is 2.24. The van der Waals surface area contributed by atoms with Gasteiger partial charge in [0.1, 0.15) is 0 Å². The number of carbonyl (C=O) groups excluding carboxylic acids is 1. The van der Waals surface area contributed by atoms with Crippen LogP contribution < -0.4 is 0 Å². The molecule has 1 rings (SSSR count). The van der Waals surface area contributed by atoms with Gasteiger partial charge < -0.3 is 5.48 Å². The standard InChI is InChI=1S/C9H5F5O.H2O/c10-8(11,9(12,13)14)7(15)6-4-2-1-3-5-6;/h1-5H;1H2. The van der Waals surface area contributed by atoms with Crippen molar-refractivity contribution in [2.24, 2.45) is 0 Å². The van der Waals surface area contributed by atoms with Gasteiger partial charge in [0.05, 0.1) is 0 Å². The average Bonchev–Trinajstić information content (AvgIpc) is 2.16. The largest absolute Gasteiger partial charge is 0.461 e. The zero-order chi connectivity index (χ0) is 11.7. The minimum atomic E-state index is -5.86. The highest BCUT2D eigenvalue weighted by Crippen LogP contribution is 2.37. The van der Waals surface area contributed by atoms with Crippen LogP contribution in [0.4, 0.5) is 22.0 Å². The number of rotatable bonds is 2. The number of ketones is 1. The molecule has 0 bridgehead atoms. The topological polar surface area (TPSA) is 48.6 Å². The van der Waals surface area contributed by atoms with Crippen molar-refractivity contribution in [2.75, 3.05) is 0 Å². The summed E-state index contributed by atoms with van der Waals surface area (Å²) >= 11 is 0. The third kappa shape index (κ3) is 2.54. The smallest absolute Gasteiger partial charge is 0.412 e. The molecule has 0 unspecified atom stereocenters. The molecule has 7 heteroatoms. The molecule has 0 aliphatic rings. The van der Waals surface area contributed by atoms with Gasteiger partial charge in [-0.1, -0.05) is 30.3 Å². The second-order valence-corrected chi connectivity index (χ2v) is 2.77. The molecular formula is C9H7F5O2. The quantitative estimate of drug-likeness (QED) is 0.579. The van der Waals surface area contributed by atoms with Gasteiger partial charge in [-0.3, -0.25) is 4.79 Å². The highest BCUT2D eigenvalue weighted by Gasteiger charge is 2.63. The molecule has 16 heavy (non-hydrogen) atoms. The second kappa shape index (κ2) is 4.56. The first kappa shape index (κ1) is 14.5. The molecule has 2 N–H and O–H groups in total. The molecule has 0 aliphatic carbocycles. The summed E-state index contributed by atoms with van der Waals surface area (Å²) < 4.78 is 60.5. The maximum absolute atomic E-state index is 12.5. The fourth-order valence-corrected chi connectivity index (χ4v) is 0.900. The van der Waals surface area contributed by atoms with E-state index >= 15 is 0 Å². The fourth-order valence-electron chi connectivity index (χ4n) is 0.900. The Balaban J connectivity index is 0.00000225. The van der Waals surface area contributed by atoms with Gasteiger partial charge in [-0.2, -0.15) is 22.0 Å². The number of halogens is 5. The van der Waals surface area contributed by atoms with Crippen molar-refractivity contribution in [3.05, 3.63) is 35.9 Å². The second-order valence-electron chi connectivity index (χ2n) is 2.77. The lowest BCUT2D eigenvalue weighted by molar-refractivity contribution is -0.255. The van der Waals surface area contributed by atoms with Crippen LogP contribution in [0.25, 0.3) is 0 Å². The van der Waals surface area contributed by atoms with E-state index in [9.17, 15) is 26.7 Å². The third-order valence-electron chi connectivity index (χ3n) is 1.68. The predicted molar refractivity (Wildman–Crippen MR) is 45.4 cm³/mol. The third-order valence-corrected chi connectivity index (χ3v) is 1.68. The molecule has 0 aliphatic heterocycles. The van der Waals surface area contributed by atoms with Crippen molar-refractivity contribution in [3.8, 4) is 0 Å². The Morgan fingerprint density at radius 2 is 1.38 bits per heavy atom. The van der Waals surface area contributed by atoms with Crippen LogP contribution in [0.2, 0.25) is 0 Å². The van der Waals surface area contributed by atoms with Crippen LogP contribution in [0.1, 0.15) is 10.4 Å². The van der Waals surface area contributed by atoms with Crippen molar-refractivity contribution >= 4 is 5.78 Å². The van der Waals surface area contributed by atoms with E-state index in [1.54, 1.807) is 0 Å². The van der Waals surface area contributed by atoms with Crippen LogP contribution >= 0.6 is 0 Å². The molecule has 0 saturated carbocycles. The lowest BCUT2D eigenvalue weighted by Gasteiger charge is -2.17. The minimum absolute atomic E-state index is 0. The summed E-state index contributed by atoms with van der Waals surface area (Å²) in [5.74, 6) is -7.58. The monoisotopic (exact) mass is 242 g/mol. The lowest BCUT2D eigenvalue weighted by Crippen LogP contribution is -2.44. The van der Waals surface area contributed by atoms with Crippen molar-refractivity contribution in [1.82, 2.24) is 0 Å². The van der Waals surface area contributed by atoms with Crippen molar-refractivity contribution in [3.63, 3.8) is 0 Å². The molecule has 0 atom stereocenters. The summed E-state index contributed by atoms with van der Waals surface area (Å²) in [7, 11) is 0. The van der Waals surface area contributed by atoms with E-state index in [1.807, 2.05) is 0 Å². The summed E-state index contributed by atoms with van der Waals surface area (Å²) in [5, 5.41) is 0. The highest BCUT2D eigenvalue weighted by atomic mass is 19.4. The molecule has 1 aromatic carbocycles. The van der Waals surface area contributed by atoms with Gasteiger partial charge in [-0.25, -0.2) is 0 Å². The molecule has 0 aromatic heterocycles. The summed E-state index contributed by atoms with van der Waals surface area (Å²) in [6.45, 7) is 0. The summed E-state index contributed by atoms with van der Waals surface area (Å²) in [4.78, 5) is 10.8. The van der Waals surface area contributed by atoms with E-state index in [2.05, 4.69) is 0 Å². The molecular weight excluding hydrogens is 235 g/mol. The number of alkyl halides is 5. The molecule has 90 valence electrons. The Hall–Kier alpha value is -1.50. The van der Waals surface area contributed by atoms with E-state index in [0.717, 1.165) is 12.1 Å². The van der Waals surface area contributed by atoms with Crippen LogP contribution in [-0.4, -0.2) is 23.4 Å². The first-order valence-corrected chi connectivity index (χ1v) is 3.81. The Kier molecular flexibility index (Phi) is 4.14. The summed E-state index contributed by atoms with van der Waals surface area (Å²) in [6.07, 6.45) is -5.86. The van der Waals surface area contributed by atoms with Crippen LogP contribution in [0.15, 0.2) is 30.3 Å². The van der Waals surface area contributed by atoms with E-state index in [-0.39, 0.29) is 5.48 Å². The molecule has 0 amide bonds. The molecule has 0 heterocycles. The number of benzene rings is 1. The highest BCUT2D eigenvalue weighted by molar-refractivity contribution is 6.01. The Bertz CT molecular complexity index is 358. The molecule has 1 aromatic rings. The van der Waals surface area contributed by atoms with Crippen LogP contribution in [0.3, 0.4) is 0 Å². The van der Waals surface area contributed by atoms with Gasteiger partial charge in [0.2, 0.25) is 5.78 Å². The van der Waals surface area contributed by atoms with E-state index < -0.39 is 23.4 Å². The maximum atomic E-state index is 12.5. The first-order valence-electron chi connectivity index (χ1n) is 3.81. The van der Waals surface area contributed by atoms with Gasteiger partial charge in [0.25, 0.3) is 0 Å². The molecule has 2 nitrogen and oxygen atoms in total. The average molecular weight is 242 g/mol. The normalized spacial score (nSPS) is 11.8.